The van der Waals surface area contributed by atoms with Crippen molar-refractivity contribution in [1.29, 1.82) is 5.26 Å². The molecule has 0 aliphatic carbocycles. The highest BCUT2D eigenvalue weighted by Crippen LogP contribution is 2.25. The van der Waals surface area contributed by atoms with Gasteiger partial charge in [0, 0.05) is 28.9 Å². The minimum atomic E-state index is -1.11. The van der Waals surface area contributed by atoms with Crippen molar-refractivity contribution in [2.24, 2.45) is 0 Å². The summed E-state index contributed by atoms with van der Waals surface area (Å²) in [6.45, 7) is 0. The lowest BCUT2D eigenvalue weighted by Crippen LogP contribution is -2.28. The Kier molecular flexibility index (Phi) is 6.07. The first-order valence-electron chi connectivity index (χ1n) is 7.14. The van der Waals surface area contributed by atoms with Crippen molar-refractivity contribution in [3.63, 3.8) is 0 Å². The lowest BCUT2D eigenvalue weighted by molar-refractivity contribution is -0.121. The lowest BCUT2D eigenvalue weighted by atomic mass is 10.1. The Balaban J connectivity index is 1.92. The zero-order valence-electron chi connectivity index (χ0n) is 12.3. The predicted octanol–water partition coefficient (Wildman–Crippen LogP) is 3.58. The van der Waals surface area contributed by atoms with Crippen LogP contribution in [0, 0.1) is 17.1 Å². The average Bonchev–Trinajstić information content (AvgIpc) is 2.54. The van der Waals surface area contributed by atoms with E-state index in [1.165, 1.54) is 18.2 Å². The molecule has 118 valence electrons. The number of aryl methyl sites for hydroxylation is 1. The van der Waals surface area contributed by atoms with Crippen molar-refractivity contribution in [3.05, 3.63) is 64.7 Å². The molecule has 1 aromatic carbocycles. The van der Waals surface area contributed by atoms with Crippen LogP contribution in [0.4, 0.5) is 4.39 Å². The maximum absolute atomic E-state index is 13.8. The smallest absolute Gasteiger partial charge is 0.221 e. The molecule has 1 heterocycles. The van der Waals surface area contributed by atoms with Gasteiger partial charge in [0.15, 0.2) is 0 Å². The molecule has 0 aliphatic rings. The summed E-state index contributed by atoms with van der Waals surface area (Å²) in [6.07, 6.45) is 3.17. The monoisotopic (exact) mass is 331 g/mol. The van der Waals surface area contributed by atoms with Crippen LogP contribution in [0.3, 0.4) is 0 Å². The number of nitrogens with zero attached hydrogens (tertiary/aromatic N) is 2. The summed E-state index contributed by atoms with van der Waals surface area (Å²) >= 11 is 5.92. The highest BCUT2D eigenvalue weighted by atomic mass is 35.5. The van der Waals surface area contributed by atoms with E-state index < -0.39 is 11.9 Å². The van der Waals surface area contributed by atoms with E-state index in [0.29, 0.717) is 12.8 Å². The summed E-state index contributed by atoms with van der Waals surface area (Å²) in [5.41, 5.74) is 0.893. The second-order valence-electron chi connectivity index (χ2n) is 4.94. The number of carbonyl (C=O) groups excluding carboxylic acids is 1. The van der Waals surface area contributed by atoms with Gasteiger partial charge >= 0.3 is 0 Å². The van der Waals surface area contributed by atoms with Crippen molar-refractivity contribution >= 4 is 17.5 Å². The third-order valence-electron chi connectivity index (χ3n) is 3.29. The van der Waals surface area contributed by atoms with Crippen LogP contribution in [0.5, 0.6) is 0 Å². The van der Waals surface area contributed by atoms with Crippen molar-refractivity contribution in [1.82, 2.24) is 10.3 Å². The molecule has 1 amide bonds. The number of nitriles is 1. The van der Waals surface area contributed by atoms with Crippen molar-refractivity contribution in [3.8, 4) is 6.07 Å². The Morgan fingerprint density at radius 1 is 1.35 bits per heavy atom. The molecule has 0 unspecified atom stereocenters. The van der Waals surface area contributed by atoms with Crippen LogP contribution in [-0.2, 0) is 11.2 Å². The summed E-state index contributed by atoms with van der Waals surface area (Å²) in [6, 6.07) is 10.5. The molecule has 2 rings (SSSR count). The van der Waals surface area contributed by atoms with Gasteiger partial charge in [0.05, 0.1) is 6.07 Å². The van der Waals surface area contributed by atoms with Crippen LogP contribution in [0.25, 0.3) is 0 Å². The number of hydrogen-bond donors (Lipinski definition) is 1. The number of carbonyl (C=O) groups is 1. The van der Waals surface area contributed by atoms with Crippen molar-refractivity contribution in [2.75, 3.05) is 0 Å². The lowest BCUT2D eigenvalue weighted by Gasteiger charge is -2.14. The fourth-order valence-electron chi connectivity index (χ4n) is 2.16. The first-order valence-corrected chi connectivity index (χ1v) is 7.52. The molecular weight excluding hydrogens is 317 g/mol. The summed E-state index contributed by atoms with van der Waals surface area (Å²) in [7, 11) is 0. The van der Waals surface area contributed by atoms with Gasteiger partial charge in [-0.05, 0) is 37.1 Å². The van der Waals surface area contributed by atoms with Crippen LogP contribution < -0.4 is 5.32 Å². The minimum Gasteiger partial charge on any atom is -0.337 e. The van der Waals surface area contributed by atoms with Gasteiger partial charge in [-0.15, -0.1) is 0 Å². The fraction of sp³-hybridized carbons (Fsp3) is 0.235. The zero-order valence-corrected chi connectivity index (χ0v) is 13.1. The molecule has 0 saturated carbocycles. The fourth-order valence-corrected chi connectivity index (χ4v) is 2.44. The number of rotatable bonds is 6. The number of amides is 1. The predicted molar refractivity (Wildman–Crippen MR) is 85.1 cm³/mol. The van der Waals surface area contributed by atoms with E-state index >= 15 is 0 Å². The average molecular weight is 332 g/mol. The first kappa shape index (κ1) is 16.9. The molecule has 1 aromatic heterocycles. The SMILES string of the molecule is N#C[C@@H](NC(=O)CCCc1ccccn1)c1c(F)cccc1Cl. The molecule has 23 heavy (non-hydrogen) atoms. The second kappa shape index (κ2) is 8.25. The minimum absolute atomic E-state index is 0.00487. The van der Waals surface area contributed by atoms with Crippen molar-refractivity contribution in [2.45, 2.75) is 25.3 Å². The Labute approximate surface area is 138 Å². The highest BCUT2D eigenvalue weighted by molar-refractivity contribution is 6.31. The van der Waals surface area contributed by atoms with Gasteiger partial charge in [0.1, 0.15) is 11.9 Å². The van der Waals surface area contributed by atoms with E-state index in [0.717, 1.165) is 5.69 Å². The summed E-state index contributed by atoms with van der Waals surface area (Å²) < 4.78 is 13.8. The summed E-state index contributed by atoms with van der Waals surface area (Å²) in [4.78, 5) is 16.1. The number of aromatic nitrogens is 1. The van der Waals surface area contributed by atoms with Crippen LogP contribution in [0.1, 0.15) is 30.1 Å². The van der Waals surface area contributed by atoms with Gasteiger partial charge in [-0.3, -0.25) is 9.78 Å². The van der Waals surface area contributed by atoms with E-state index in [1.807, 2.05) is 24.3 Å². The molecule has 0 aliphatic heterocycles. The van der Waals surface area contributed by atoms with Gasteiger partial charge in [0.25, 0.3) is 0 Å². The Bertz CT molecular complexity index is 695. The molecule has 2 aromatic rings. The molecular formula is C17H15ClFN3O. The normalized spacial score (nSPS) is 11.5. The molecule has 0 saturated heterocycles. The first-order chi connectivity index (χ1) is 11.1. The summed E-state index contributed by atoms with van der Waals surface area (Å²) in [5, 5.41) is 11.8. The van der Waals surface area contributed by atoms with Crippen LogP contribution in [-0.4, -0.2) is 10.9 Å². The van der Waals surface area contributed by atoms with Crippen molar-refractivity contribution < 1.29 is 9.18 Å². The molecule has 0 bridgehead atoms. The van der Waals surface area contributed by atoms with Crippen LogP contribution >= 0.6 is 11.6 Å². The van der Waals surface area contributed by atoms with Gasteiger partial charge in [-0.2, -0.15) is 5.26 Å². The quantitative estimate of drug-likeness (QED) is 0.879. The molecule has 4 nitrogen and oxygen atoms in total. The van der Waals surface area contributed by atoms with Gasteiger partial charge < -0.3 is 5.32 Å². The number of halogens is 2. The molecule has 1 atom stereocenters. The summed E-state index contributed by atoms with van der Waals surface area (Å²) in [5.74, 6) is -0.940. The van der Waals surface area contributed by atoms with Gasteiger partial charge in [0.2, 0.25) is 5.91 Å². The maximum Gasteiger partial charge on any atom is 0.221 e. The Morgan fingerprint density at radius 2 is 2.17 bits per heavy atom. The number of pyridine rings is 1. The van der Waals surface area contributed by atoms with E-state index in [9.17, 15) is 14.4 Å². The molecule has 0 fully saturated rings. The Morgan fingerprint density at radius 3 is 2.83 bits per heavy atom. The third kappa shape index (κ3) is 4.76. The van der Waals surface area contributed by atoms with E-state index in [2.05, 4.69) is 10.3 Å². The number of nitrogens with one attached hydrogen (secondary N) is 1. The molecule has 6 heteroatoms. The van der Waals surface area contributed by atoms with E-state index in [4.69, 9.17) is 11.6 Å². The number of benzene rings is 1. The van der Waals surface area contributed by atoms with Crippen LogP contribution in [0.2, 0.25) is 5.02 Å². The Hall–Kier alpha value is -2.45. The second-order valence-corrected chi connectivity index (χ2v) is 5.35. The highest BCUT2D eigenvalue weighted by Gasteiger charge is 2.20. The third-order valence-corrected chi connectivity index (χ3v) is 3.62. The van der Waals surface area contributed by atoms with E-state index in [-0.39, 0.29) is 22.9 Å². The zero-order chi connectivity index (χ0) is 16.7. The van der Waals surface area contributed by atoms with Gasteiger partial charge in [-0.1, -0.05) is 23.7 Å². The number of hydrogen-bond acceptors (Lipinski definition) is 3. The molecule has 0 radical (unpaired) electrons. The molecule has 1 N–H and O–H groups in total. The van der Waals surface area contributed by atoms with Gasteiger partial charge in [-0.25, -0.2) is 4.39 Å². The maximum atomic E-state index is 13.8. The van der Waals surface area contributed by atoms with E-state index in [1.54, 1.807) is 6.20 Å². The largest absolute Gasteiger partial charge is 0.337 e. The standard InChI is InChI=1S/C17H15ClFN3O/c18-13-7-4-8-14(19)17(13)15(11-20)22-16(23)9-3-6-12-5-1-2-10-21-12/h1-2,4-5,7-8,10,15H,3,6,9H2,(H,22,23)/t15-/m1/s1. The molecule has 0 spiro atoms. The van der Waals surface area contributed by atoms with Crippen LogP contribution in [0.15, 0.2) is 42.6 Å². The topological polar surface area (TPSA) is 65.8 Å².